The summed E-state index contributed by atoms with van der Waals surface area (Å²) in [6.45, 7) is 4.28. The summed E-state index contributed by atoms with van der Waals surface area (Å²) in [5, 5.41) is 10.8. The number of nitrogens with zero attached hydrogens (tertiary/aromatic N) is 1. The van der Waals surface area contributed by atoms with Gasteiger partial charge in [0.25, 0.3) is 5.69 Å². The van der Waals surface area contributed by atoms with Crippen molar-refractivity contribution in [3.05, 3.63) is 63.2 Å². The largest absolute Gasteiger partial charge is 0.457 e. The van der Waals surface area contributed by atoms with Crippen LogP contribution in [0.5, 0.6) is 11.5 Å². The number of hydrogen-bond donors (Lipinski definition) is 1. The summed E-state index contributed by atoms with van der Waals surface area (Å²) in [4.78, 5) is 10.4. The van der Waals surface area contributed by atoms with Crippen molar-refractivity contribution in [1.82, 2.24) is 0 Å². The zero-order valence-electron chi connectivity index (χ0n) is 11.4. The molecule has 2 aromatic rings. The fourth-order valence-electron chi connectivity index (χ4n) is 1.90. The molecule has 0 radical (unpaired) electrons. The molecule has 0 saturated heterocycles. The van der Waals surface area contributed by atoms with Crippen molar-refractivity contribution in [2.45, 2.75) is 20.4 Å². The van der Waals surface area contributed by atoms with E-state index in [2.05, 4.69) is 0 Å². The van der Waals surface area contributed by atoms with Gasteiger partial charge in [0, 0.05) is 12.6 Å². The monoisotopic (exact) mass is 272 g/mol. The third-order valence-electron chi connectivity index (χ3n) is 3.14. The number of hydrogen-bond acceptors (Lipinski definition) is 4. The maximum Gasteiger partial charge on any atom is 0.273 e. The van der Waals surface area contributed by atoms with Crippen molar-refractivity contribution < 1.29 is 9.66 Å². The molecule has 0 bridgehead atoms. The first-order valence-corrected chi connectivity index (χ1v) is 6.23. The zero-order chi connectivity index (χ0) is 14.7. The second-order valence-electron chi connectivity index (χ2n) is 4.60. The maximum absolute atomic E-state index is 10.8. The van der Waals surface area contributed by atoms with Crippen molar-refractivity contribution in [3.8, 4) is 11.5 Å². The van der Waals surface area contributed by atoms with Gasteiger partial charge in [-0.15, -0.1) is 0 Å². The average Bonchev–Trinajstić information content (AvgIpc) is 2.41. The SMILES string of the molecule is Cc1cc(Oc2cc([N+](=O)[O-])ccc2C)ccc1CN. The van der Waals surface area contributed by atoms with E-state index in [-0.39, 0.29) is 5.69 Å². The molecule has 5 nitrogen and oxygen atoms in total. The Bertz CT molecular complexity index is 654. The average molecular weight is 272 g/mol. The van der Waals surface area contributed by atoms with E-state index in [1.165, 1.54) is 12.1 Å². The van der Waals surface area contributed by atoms with Crippen LogP contribution in [0.15, 0.2) is 36.4 Å². The van der Waals surface area contributed by atoms with Crippen LogP contribution in [0, 0.1) is 24.0 Å². The Balaban J connectivity index is 2.32. The Morgan fingerprint density at radius 2 is 1.90 bits per heavy atom. The van der Waals surface area contributed by atoms with E-state index in [0.29, 0.717) is 18.0 Å². The van der Waals surface area contributed by atoms with Crippen molar-refractivity contribution >= 4 is 5.69 Å². The van der Waals surface area contributed by atoms with Crippen molar-refractivity contribution in [1.29, 1.82) is 0 Å². The van der Waals surface area contributed by atoms with Crippen LogP contribution in [0.25, 0.3) is 0 Å². The van der Waals surface area contributed by atoms with Gasteiger partial charge in [-0.2, -0.15) is 0 Å². The van der Waals surface area contributed by atoms with Crippen LogP contribution in [0.2, 0.25) is 0 Å². The maximum atomic E-state index is 10.8. The highest BCUT2D eigenvalue weighted by molar-refractivity contribution is 5.46. The molecule has 5 heteroatoms. The molecule has 0 fully saturated rings. The normalized spacial score (nSPS) is 10.3. The smallest absolute Gasteiger partial charge is 0.273 e. The first kappa shape index (κ1) is 14.0. The molecule has 0 aliphatic rings. The Morgan fingerprint density at radius 3 is 2.50 bits per heavy atom. The van der Waals surface area contributed by atoms with Gasteiger partial charge >= 0.3 is 0 Å². The van der Waals surface area contributed by atoms with Gasteiger partial charge < -0.3 is 10.5 Å². The van der Waals surface area contributed by atoms with E-state index in [4.69, 9.17) is 10.5 Å². The molecule has 2 rings (SSSR count). The molecule has 104 valence electrons. The van der Waals surface area contributed by atoms with Gasteiger partial charge in [0.1, 0.15) is 11.5 Å². The minimum atomic E-state index is -0.435. The molecule has 2 aromatic carbocycles. The quantitative estimate of drug-likeness (QED) is 0.682. The Labute approximate surface area is 117 Å². The summed E-state index contributed by atoms with van der Waals surface area (Å²) >= 11 is 0. The second-order valence-corrected chi connectivity index (χ2v) is 4.60. The predicted octanol–water partition coefficient (Wildman–Crippen LogP) is 3.46. The highest BCUT2D eigenvalue weighted by Crippen LogP contribution is 2.29. The van der Waals surface area contributed by atoms with Gasteiger partial charge in [-0.1, -0.05) is 6.07 Å². The summed E-state index contributed by atoms with van der Waals surface area (Å²) in [6, 6.07) is 10.2. The number of rotatable bonds is 4. The van der Waals surface area contributed by atoms with Crippen LogP contribution < -0.4 is 10.5 Å². The molecular formula is C15H16N2O3. The molecule has 0 heterocycles. The molecule has 2 N–H and O–H groups in total. The van der Waals surface area contributed by atoms with Crippen molar-refractivity contribution in [2.24, 2.45) is 5.73 Å². The van der Waals surface area contributed by atoms with E-state index < -0.39 is 4.92 Å². The summed E-state index contributed by atoms with van der Waals surface area (Å²) in [5.41, 5.74) is 8.56. The van der Waals surface area contributed by atoms with E-state index in [1.807, 2.05) is 32.0 Å². The molecule has 0 unspecified atom stereocenters. The number of ether oxygens (including phenoxy) is 1. The van der Waals surface area contributed by atoms with Gasteiger partial charge in [-0.3, -0.25) is 10.1 Å². The second kappa shape index (κ2) is 5.71. The van der Waals surface area contributed by atoms with Crippen LogP contribution in [-0.2, 0) is 6.54 Å². The molecular weight excluding hydrogens is 256 g/mol. The fourth-order valence-corrected chi connectivity index (χ4v) is 1.90. The molecule has 0 aliphatic heterocycles. The standard InChI is InChI=1S/C15H16N2O3/c1-10-3-5-13(17(18)19)8-15(10)20-14-6-4-12(9-16)11(2)7-14/h3-8H,9,16H2,1-2H3. The number of benzene rings is 2. The molecule has 0 saturated carbocycles. The first-order valence-electron chi connectivity index (χ1n) is 6.23. The van der Waals surface area contributed by atoms with Gasteiger partial charge in [-0.25, -0.2) is 0 Å². The highest BCUT2D eigenvalue weighted by atomic mass is 16.6. The summed E-state index contributed by atoms with van der Waals surface area (Å²) in [7, 11) is 0. The number of aryl methyl sites for hydroxylation is 2. The van der Waals surface area contributed by atoms with Gasteiger partial charge in [0.2, 0.25) is 0 Å². The van der Waals surface area contributed by atoms with E-state index in [9.17, 15) is 10.1 Å². The van der Waals surface area contributed by atoms with Gasteiger partial charge in [0.05, 0.1) is 11.0 Å². The van der Waals surface area contributed by atoms with E-state index >= 15 is 0 Å². The lowest BCUT2D eigenvalue weighted by atomic mass is 10.1. The van der Waals surface area contributed by atoms with Crippen molar-refractivity contribution in [3.63, 3.8) is 0 Å². The Hall–Kier alpha value is -2.40. The molecule has 0 atom stereocenters. The Morgan fingerprint density at radius 1 is 1.15 bits per heavy atom. The lowest BCUT2D eigenvalue weighted by Crippen LogP contribution is -1.99. The molecule has 0 aliphatic carbocycles. The van der Waals surface area contributed by atoms with Gasteiger partial charge in [-0.05, 0) is 48.7 Å². The van der Waals surface area contributed by atoms with E-state index in [1.54, 1.807) is 6.07 Å². The summed E-state index contributed by atoms with van der Waals surface area (Å²) in [6.07, 6.45) is 0. The fraction of sp³-hybridized carbons (Fsp3) is 0.200. The summed E-state index contributed by atoms with van der Waals surface area (Å²) < 4.78 is 5.74. The number of nitro groups is 1. The topological polar surface area (TPSA) is 78.4 Å². The minimum Gasteiger partial charge on any atom is -0.457 e. The number of nitrogens with two attached hydrogens (primary N) is 1. The first-order chi connectivity index (χ1) is 9.51. The third-order valence-corrected chi connectivity index (χ3v) is 3.14. The molecule has 0 spiro atoms. The molecule has 20 heavy (non-hydrogen) atoms. The number of non-ortho nitro benzene ring substituents is 1. The lowest BCUT2D eigenvalue weighted by Gasteiger charge is -2.10. The van der Waals surface area contributed by atoms with E-state index in [0.717, 1.165) is 16.7 Å². The van der Waals surface area contributed by atoms with Crippen molar-refractivity contribution in [2.75, 3.05) is 0 Å². The van der Waals surface area contributed by atoms with Gasteiger partial charge in [0.15, 0.2) is 0 Å². The van der Waals surface area contributed by atoms with Crippen LogP contribution in [0.3, 0.4) is 0 Å². The van der Waals surface area contributed by atoms with Crippen LogP contribution in [0.1, 0.15) is 16.7 Å². The summed E-state index contributed by atoms with van der Waals surface area (Å²) in [5.74, 6) is 1.13. The lowest BCUT2D eigenvalue weighted by molar-refractivity contribution is -0.384. The number of nitro benzene ring substituents is 1. The highest BCUT2D eigenvalue weighted by Gasteiger charge is 2.10. The molecule has 0 aromatic heterocycles. The Kier molecular flexibility index (Phi) is 4.00. The van der Waals surface area contributed by atoms with Crippen LogP contribution in [-0.4, -0.2) is 4.92 Å². The van der Waals surface area contributed by atoms with Crippen LogP contribution in [0.4, 0.5) is 5.69 Å². The molecule has 0 amide bonds. The third kappa shape index (κ3) is 2.95. The minimum absolute atomic E-state index is 0.0147. The zero-order valence-corrected chi connectivity index (χ0v) is 11.4. The van der Waals surface area contributed by atoms with Crippen LogP contribution >= 0.6 is 0 Å². The predicted molar refractivity (Wildman–Crippen MR) is 77.0 cm³/mol.